The molecular weight excluding hydrogens is 264 g/mol. The fourth-order valence-corrected chi connectivity index (χ4v) is 1.85. The van der Waals surface area contributed by atoms with Crippen molar-refractivity contribution in [3.05, 3.63) is 54.6 Å². The molecule has 0 spiro atoms. The maximum Gasteiger partial charge on any atom is 0.127 e. The number of hydrogen-bond donors (Lipinski definition) is 1. The van der Waals surface area contributed by atoms with Crippen LogP contribution in [0.5, 0.6) is 17.2 Å². The van der Waals surface area contributed by atoms with E-state index in [0.29, 0.717) is 6.61 Å². The Kier molecular flexibility index (Phi) is 5.64. The molecule has 1 N–H and O–H groups in total. The molecule has 2 unspecified atom stereocenters. The Morgan fingerprint density at radius 1 is 0.905 bits per heavy atom. The topological polar surface area (TPSA) is 38.7 Å². The van der Waals surface area contributed by atoms with Gasteiger partial charge in [0.25, 0.3) is 0 Å². The van der Waals surface area contributed by atoms with Crippen LogP contribution >= 0.6 is 0 Å². The fourth-order valence-electron chi connectivity index (χ4n) is 1.85. The summed E-state index contributed by atoms with van der Waals surface area (Å²) in [4.78, 5) is 0. The van der Waals surface area contributed by atoms with Gasteiger partial charge in [0.15, 0.2) is 0 Å². The van der Waals surface area contributed by atoms with Gasteiger partial charge >= 0.3 is 0 Å². The zero-order valence-electron chi connectivity index (χ0n) is 12.5. The highest BCUT2D eigenvalue weighted by molar-refractivity contribution is 5.35. The largest absolute Gasteiger partial charge is 0.491 e. The number of hydrogen-bond acceptors (Lipinski definition) is 3. The molecule has 0 aliphatic carbocycles. The average Bonchev–Trinajstić information content (AvgIpc) is 2.54. The molecular formula is C18H22O3. The van der Waals surface area contributed by atoms with Crippen LogP contribution in [0.4, 0.5) is 0 Å². The highest BCUT2D eigenvalue weighted by atomic mass is 16.5. The van der Waals surface area contributed by atoms with Gasteiger partial charge in [-0.1, -0.05) is 38.5 Å². The van der Waals surface area contributed by atoms with E-state index >= 15 is 0 Å². The van der Waals surface area contributed by atoms with Crippen molar-refractivity contribution < 1.29 is 14.6 Å². The first-order valence-electron chi connectivity index (χ1n) is 7.33. The molecule has 0 saturated carbocycles. The van der Waals surface area contributed by atoms with Gasteiger partial charge in [-0.2, -0.15) is 0 Å². The maximum atomic E-state index is 9.88. The number of ether oxygens (including phenoxy) is 2. The summed E-state index contributed by atoms with van der Waals surface area (Å²) in [6.45, 7) is 4.39. The second-order valence-electron chi connectivity index (χ2n) is 5.15. The average molecular weight is 286 g/mol. The van der Waals surface area contributed by atoms with Crippen LogP contribution in [0.1, 0.15) is 20.3 Å². The molecule has 0 fully saturated rings. The second-order valence-corrected chi connectivity index (χ2v) is 5.15. The zero-order valence-corrected chi connectivity index (χ0v) is 12.5. The van der Waals surface area contributed by atoms with Crippen LogP contribution in [-0.4, -0.2) is 17.8 Å². The van der Waals surface area contributed by atoms with Crippen LogP contribution in [0, 0.1) is 5.92 Å². The summed E-state index contributed by atoms with van der Waals surface area (Å²) in [5, 5.41) is 9.88. The third-order valence-corrected chi connectivity index (χ3v) is 3.52. The minimum Gasteiger partial charge on any atom is -0.491 e. The first-order valence-corrected chi connectivity index (χ1v) is 7.33. The molecule has 0 saturated heterocycles. The Bertz CT molecular complexity index is 522. The molecule has 3 nitrogen and oxygen atoms in total. The number of aliphatic hydroxyl groups excluding tert-OH is 1. The molecule has 3 heteroatoms. The Labute approximate surface area is 126 Å². The molecule has 112 valence electrons. The number of rotatable bonds is 7. The summed E-state index contributed by atoms with van der Waals surface area (Å²) in [5.74, 6) is 2.54. The number of para-hydroxylation sites is 1. The van der Waals surface area contributed by atoms with E-state index in [1.165, 1.54) is 0 Å². The van der Waals surface area contributed by atoms with Crippen LogP contribution < -0.4 is 9.47 Å². The molecule has 0 radical (unpaired) electrons. The van der Waals surface area contributed by atoms with Crippen molar-refractivity contribution in [2.75, 3.05) is 6.61 Å². The Morgan fingerprint density at radius 3 is 2.10 bits per heavy atom. The van der Waals surface area contributed by atoms with E-state index in [1.807, 2.05) is 61.5 Å². The predicted molar refractivity (Wildman–Crippen MR) is 83.9 cm³/mol. The minimum absolute atomic E-state index is 0.241. The molecule has 2 aromatic carbocycles. The highest BCUT2D eigenvalue weighted by Gasteiger charge is 2.12. The standard InChI is InChI=1S/C18H22O3/c1-3-14(2)18(19)13-20-15-9-11-17(12-10-15)21-16-7-5-4-6-8-16/h4-12,14,18-19H,3,13H2,1-2H3. The molecule has 2 rings (SSSR count). The fraction of sp³-hybridized carbons (Fsp3) is 0.333. The normalized spacial score (nSPS) is 13.5. The van der Waals surface area contributed by atoms with Crippen molar-refractivity contribution in [1.82, 2.24) is 0 Å². The second kappa shape index (κ2) is 7.70. The summed E-state index contributed by atoms with van der Waals surface area (Å²) < 4.78 is 11.3. The van der Waals surface area contributed by atoms with Crippen LogP contribution in [0.3, 0.4) is 0 Å². The Hall–Kier alpha value is -2.00. The van der Waals surface area contributed by atoms with Gasteiger partial charge in [0.05, 0.1) is 6.10 Å². The quantitative estimate of drug-likeness (QED) is 0.826. The molecule has 0 bridgehead atoms. The van der Waals surface area contributed by atoms with E-state index in [-0.39, 0.29) is 5.92 Å². The smallest absolute Gasteiger partial charge is 0.127 e. The molecule has 21 heavy (non-hydrogen) atoms. The summed E-state index contributed by atoms with van der Waals surface area (Å²) in [6.07, 6.45) is 0.504. The number of aliphatic hydroxyl groups is 1. The van der Waals surface area contributed by atoms with Crippen LogP contribution in [-0.2, 0) is 0 Å². The van der Waals surface area contributed by atoms with Crippen molar-refractivity contribution >= 4 is 0 Å². The van der Waals surface area contributed by atoms with E-state index < -0.39 is 6.10 Å². The van der Waals surface area contributed by atoms with Gasteiger partial charge in [-0.15, -0.1) is 0 Å². The third kappa shape index (κ3) is 4.80. The van der Waals surface area contributed by atoms with E-state index in [0.717, 1.165) is 23.7 Å². The lowest BCUT2D eigenvalue weighted by Crippen LogP contribution is -2.24. The third-order valence-electron chi connectivity index (χ3n) is 3.52. The Balaban J connectivity index is 1.87. The molecule has 0 amide bonds. The van der Waals surface area contributed by atoms with E-state index in [2.05, 4.69) is 6.92 Å². The van der Waals surface area contributed by atoms with Gasteiger partial charge in [0.2, 0.25) is 0 Å². The first kappa shape index (κ1) is 15.4. The molecule has 0 heterocycles. The van der Waals surface area contributed by atoms with Crippen molar-refractivity contribution in [1.29, 1.82) is 0 Å². The molecule has 2 aromatic rings. The lowest BCUT2D eigenvalue weighted by atomic mass is 10.0. The minimum atomic E-state index is -0.435. The Morgan fingerprint density at radius 2 is 1.48 bits per heavy atom. The van der Waals surface area contributed by atoms with Crippen molar-refractivity contribution in [2.24, 2.45) is 5.92 Å². The van der Waals surface area contributed by atoms with Gasteiger partial charge in [0.1, 0.15) is 23.9 Å². The van der Waals surface area contributed by atoms with Gasteiger partial charge in [-0.05, 0) is 42.3 Å². The predicted octanol–water partition coefficient (Wildman–Crippen LogP) is 4.26. The summed E-state index contributed by atoms with van der Waals surface area (Å²) in [6, 6.07) is 17.1. The summed E-state index contributed by atoms with van der Waals surface area (Å²) in [5.41, 5.74) is 0. The lowest BCUT2D eigenvalue weighted by molar-refractivity contribution is 0.0622. The zero-order chi connectivity index (χ0) is 15.1. The number of benzene rings is 2. The lowest BCUT2D eigenvalue weighted by Gasteiger charge is -2.17. The SMILES string of the molecule is CCC(C)C(O)COc1ccc(Oc2ccccc2)cc1. The highest BCUT2D eigenvalue weighted by Crippen LogP contribution is 2.23. The van der Waals surface area contributed by atoms with Crippen LogP contribution in [0.2, 0.25) is 0 Å². The first-order chi connectivity index (χ1) is 10.2. The maximum absolute atomic E-state index is 9.88. The van der Waals surface area contributed by atoms with E-state index in [9.17, 15) is 5.11 Å². The molecule has 0 aliphatic heterocycles. The molecule has 0 aromatic heterocycles. The van der Waals surface area contributed by atoms with Crippen LogP contribution in [0.15, 0.2) is 54.6 Å². The van der Waals surface area contributed by atoms with Gasteiger partial charge in [-0.25, -0.2) is 0 Å². The van der Waals surface area contributed by atoms with Gasteiger partial charge in [-0.3, -0.25) is 0 Å². The molecule has 0 aliphatic rings. The molecule has 2 atom stereocenters. The van der Waals surface area contributed by atoms with Crippen LogP contribution in [0.25, 0.3) is 0 Å². The van der Waals surface area contributed by atoms with E-state index in [1.54, 1.807) is 0 Å². The summed E-state index contributed by atoms with van der Waals surface area (Å²) in [7, 11) is 0. The monoisotopic (exact) mass is 286 g/mol. The van der Waals surface area contributed by atoms with Crippen molar-refractivity contribution in [2.45, 2.75) is 26.4 Å². The van der Waals surface area contributed by atoms with E-state index in [4.69, 9.17) is 9.47 Å². The van der Waals surface area contributed by atoms with Crippen molar-refractivity contribution in [3.63, 3.8) is 0 Å². The van der Waals surface area contributed by atoms with Gasteiger partial charge in [0, 0.05) is 0 Å². The van der Waals surface area contributed by atoms with Crippen molar-refractivity contribution in [3.8, 4) is 17.2 Å². The summed E-state index contributed by atoms with van der Waals surface area (Å²) >= 11 is 0. The van der Waals surface area contributed by atoms with Gasteiger partial charge < -0.3 is 14.6 Å².